The van der Waals surface area contributed by atoms with E-state index < -0.39 is 5.60 Å². The molecule has 0 fully saturated rings. The Kier molecular flexibility index (Phi) is 4.02. The second-order valence-electron chi connectivity index (χ2n) is 6.49. The summed E-state index contributed by atoms with van der Waals surface area (Å²) in [7, 11) is 0. The van der Waals surface area contributed by atoms with Gasteiger partial charge in [0.05, 0.1) is 11.7 Å². The Labute approximate surface area is 139 Å². The zero-order chi connectivity index (χ0) is 16.6. The molecule has 6 nitrogen and oxygen atoms in total. The quantitative estimate of drug-likeness (QED) is 0.748. The third-order valence-electron chi connectivity index (χ3n) is 3.53. The Bertz CT molecular complexity index is 776. The second kappa shape index (κ2) is 5.85. The molecule has 3 heterocycles. The molecule has 0 atom stereocenters. The van der Waals surface area contributed by atoms with E-state index in [4.69, 9.17) is 16.3 Å². The summed E-state index contributed by atoms with van der Waals surface area (Å²) in [5.74, 6) is 0. The highest BCUT2D eigenvalue weighted by Gasteiger charge is 2.24. The monoisotopic (exact) mass is 334 g/mol. The van der Waals surface area contributed by atoms with Crippen molar-refractivity contribution in [2.45, 2.75) is 32.8 Å². The molecule has 122 valence electrons. The first-order chi connectivity index (χ1) is 10.8. The largest absolute Gasteiger partial charge is 0.444 e. The van der Waals surface area contributed by atoms with Gasteiger partial charge in [0.2, 0.25) is 0 Å². The Morgan fingerprint density at radius 2 is 2.13 bits per heavy atom. The maximum absolute atomic E-state index is 12.1. The molecule has 0 saturated heterocycles. The lowest BCUT2D eigenvalue weighted by atomic mass is 10.2. The number of fused-ring (bicyclic) bond motifs is 1. The molecule has 23 heavy (non-hydrogen) atoms. The summed E-state index contributed by atoms with van der Waals surface area (Å²) in [4.78, 5) is 17.8. The van der Waals surface area contributed by atoms with Crippen LogP contribution in [0.15, 0.2) is 24.5 Å². The lowest BCUT2D eigenvalue weighted by Crippen LogP contribution is -2.39. The van der Waals surface area contributed by atoms with Crippen molar-refractivity contribution in [3.05, 3.63) is 29.7 Å². The number of carbonyl (C=O) groups is 1. The van der Waals surface area contributed by atoms with E-state index in [2.05, 4.69) is 10.1 Å². The molecule has 0 aromatic carbocycles. The average Bonchev–Trinajstić information content (AvgIpc) is 2.88. The van der Waals surface area contributed by atoms with E-state index in [9.17, 15) is 4.79 Å². The first-order valence-electron chi connectivity index (χ1n) is 7.50. The van der Waals surface area contributed by atoms with E-state index in [-0.39, 0.29) is 6.09 Å². The van der Waals surface area contributed by atoms with Crippen molar-refractivity contribution >= 4 is 34.3 Å². The number of amides is 1. The van der Waals surface area contributed by atoms with Gasteiger partial charge in [0.1, 0.15) is 10.8 Å². The van der Waals surface area contributed by atoms with Crippen LogP contribution in [0.4, 0.5) is 4.79 Å². The van der Waals surface area contributed by atoms with Gasteiger partial charge in [-0.25, -0.2) is 14.5 Å². The van der Waals surface area contributed by atoms with Crippen LogP contribution in [0.5, 0.6) is 0 Å². The Balaban J connectivity index is 1.78. The summed E-state index contributed by atoms with van der Waals surface area (Å²) in [5, 5.41) is 5.78. The maximum atomic E-state index is 12.1. The summed E-state index contributed by atoms with van der Waals surface area (Å²) in [6.45, 7) is 6.70. The van der Waals surface area contributed by atoms with Gasteiger partial charge in [0, 0.05) is 42.9 Å². The van der Waals surface area contributed by atoms with Gasteiger partial charge in [-0.1, -0.05) is 11.6 Å². The highest BCUT2D eigenvalue weighted by molar-refractivity contribution is 6.30. The summed E-state index contributed by atoms with van der Waals surface area (Å²) in [5.41, 5.74) is 1.48. The highest BCUT2D eigenvalue weighted by atomic mass is 35.5. The van der Waals surface area contributed by atoms with Gasteiger partial charge >= 0.3 is 6.09 Å². The predicted octanol–water partition coefficient (Wildman–Crippen LogP) is 3.57. The third-order valence-corrected chi connectivity index (χ3v) is 3.73. The molecule has 0 unspecified atom stereocenters. The standard InChI is InChI=1S/C16H19ClN4O2/c1-16(2,3)23-15(22)20-6-4-12(5-7-20)21-13-8-14(17)18-9-11(13)10-19-21/h4,8-10H,5-7H2,1-3H3. The van der Waals surface area contributed by atoms with Crippen molar-refractivity contribution in [1.29, 1.82) is 0 Å². The minimum absolute atomic E-state index is 0.287. The second-order valence-corrected chi connectivity index (χ2v) is 6.88. The SMILES string of the molecule is CC(C)(C)OC(=O)N1CC=C(n2ncc3cnc(Cl)cc32)CC1. The number of nitrogens with zero attached hydrogens (tertiary/aromatic N) is 4. The van der Waals surface area contributed by atoms with Gasteiger partial charge < -0.3 is 9.64 Å². The number of carbonyl (C=O) groups excluding carboxylic acids is 1. The van der Waals surface area contributed by atoms with Crippen molar-refractivity contribution < 1.29 is 9.53 Å². The van der Waals surface area contributed by atoms with E-state index >= 15 is 0 Å². The lowest BCUT2D eigenvalue weighted by Gasteiger charge is -2.29. The van der Waals surface area contributed by atoms with Gasteiger partial charge in [0.15, 0.2) is 0 Å². The summed E-state index contributed by atoms with van der Waals surface area (Å²) in [6, 6.07) is 1.80. The van der Waals surface area contributed by atoms with Gasteiger partial charge in [-0.05, 0) is 26.8 Å². The van der Waals surface area contributed by atoms with Gasteiger partial charge in [-0.15, -0.1) is 0 Å². The Morgan fingerprint density at radius 1 is 1.35 bits per heavy atom. The van der Waals surface area contributed by atoms with Crippen molar-refractivity contribution in [2.24, 2.45) is 0 Å². The number of hydrogen-bond acceptors (Lipinski definition) is 4. The van der Waals surface area contributed by atoms with Crippen LogP contribution in [0.25, 0.3) is 16.6 Å². The molecule has 1 amide bonds. The first-order valence-corrected chi connectivity index (χ1v) is 7.88. The molecule has 2 aromatic heterocycles. The molecule has 3 rings (SSSR count). The predicted molar refractivity (Wildman–Crippen MR) is 89.2 cm³/mol. The van der Waals surface area contributed by atoms with E-state index in [0.29, 0.717) is 24.7 Å². The van der Waals surface area contributed by atoms with Crippen molar-refractivity contribution in [2.75, 3.05) is 13.1 Å². The van der Waals surface area contributed by atoms with Crippen LogP contribution in [0.1, 0.15) is 27.2 Å². The fourth-order valence-corrected chi connectivity index (χ4v) is 2.62. The number of ether oxygens (including phenoxy) is 1. The molecule has 2 aromatic rings. The Hall–Kier alpha value is -2.08. The maximum Gasteiger partial charge on any atom is 0.410 e. The molecular formula is C16H19ClN4O2. The van der Waals surface area contributed by atoms with Crippen LogP contribution >= 0.6 is 11.6 Å². The molecule has 7 heteroatoms. The molecule has 0 aliphatic carbocycles. The van der Waals surface area contributed by atoms with E-state index in [1.54, 1.807) is 23.4 Å². The first kappa shape index (κ1) is 15.8. The molecule has 0 N–H and O–H groups in total. The normalized spacial score (nSPS) is 15.7. The fraction of sp³-hybridized carbons (Fsp3) is 0.438. The molecule has 1 aliphatic rings. The number of pyridine rings is 1. The number of halogens is 1. The van der Waals surface area contributed by atoms with Gasteiger partial charge in [-0.2, -0.15) is 5.10 Å². The lowest BCUT2D eigenvalue weighted by molar-refractivity contribution is 0.0269. The summed E-state index contributed by atoms with van der Waals surface area (Å²) in [6.07, 6.45) is 5.88. The van der Waals surface area contributed by atoms with Crippen molar-refractivity contribution in [3.8, 4) is 0 Å². The zero-order valence-corrected chi connectivity index (χ0v) is 14.2. The molecule has 0 radical (unpaired) electrons. The molecule has 0 saturated carbocycles. The van der Waals surface area contributed by atoms with Crippen molar-refractivity contribution in [3.63, 3.8) is 0 Å². The summed E-state index contributed by atoms with van der Waals surface area (Å²) < 4.78 is 7.26. The van der Waals surface area contributed by atoms with E-state index in [1.807, 2.05) is 31.5 Å². The molecule has 1 aliphatic heterocycles. The minimum atomic E-state index is -0.483. The van der Waals surface area contributed by atoms with Crippen LogP contribution < -0.4 is 0 Å². The van der Waals surface area contributed by atoms with Gasteiger partial charge in [0.25, 0.3) is 0 Å². The van der Waals surface area contributed by atoms with Crippen molar-refractivity contribution in [1.82, 2.24) is 19.7 Å². The van der Waals surface area contributed by atoms with Crippen LogP contribution in [0.3, 0.4) is 0 Å². The van der Waals surface area contributed by atoms with Crippen LogP contribution in [0.2, 0.25) is 5.15 Å². The van der Waals surface area contributed by atoms with E-state index in [0.717, 1.165) is 16.6 Å². The number of aromatic nitrogens is 3. The Morgan fingerprint density at radius 3 is 2.78 bits per heavy atom. The topological polar surface area (TPSA) is 60.2 Å². The smallest absolute Gasteiger partial charge is 0.410 e. The van der Waals surface area contributed by atoms with Crippen LogP contribution in [0, 0.1) is 0 Å². The average molecular weight is 335 g/mol. The summed E-state index contributed by atoms with van der Waals surface area (Å²) >= 11 is 5.97. The molecule has 0 spiro atoms. The van der Waals surface area contributed by atoms with Gasteiger partial charge in [-0.3, -0.25) is 0 Å². The zero-order valence-electron chi connectivity index (χ0n) is 13.4. The van der Waals surface area contributed by atoms with E-state index in [1.165, 1.54) is 0 Å². The fourth-order valence-electron chi connectivity index (χ4n) is 2.47. The highest BCUT2D eigenvalue weighted by Crippen LogP contribution is 2.24. The number of hydrogen-bond donors (Lipinski definition) is 0. The minimum Gasteiger partial charge on any atom is -0.444 e. The molecular weight excluding hydrogens is 316 g/mol. The van der Waals surface area contributed by atoms with Crippen LogP contribution in [-0.4, -0.2) is 44.4 Å². The van der Waals surface area contributed by atoms with Crippen LogP contribution in [-0.2, 0) is 4.74 Å². The third kappa shape index (κ3) is 3.47. The number of rotatable bonds is 1. The molecule has 0 bridgehead atoms.